The molecule has 1 aromatic carbocycles. The smallest absolute Gasteiger partial charge is 0.410 e. The Balaban J connectivity index is 1.62. The molecule has 0 radical (unpaired) electrons. The molecule has 1 saturated carbocycles. The molecule has 1 amide bonds. The van der Waals surface area contributed by atoms with Crippen LogP contribution in [0.25, 0.3) is 0 Å². The van der Waals surface area contributed by atoms with Crippen LogP contribution in [0.2, 0.25) is 0 Å². The van der Waals surface area contributed by atoms with Gasteiger partial charge in [-0.1, -0.05) is 30.3 Å². The number of aliphatic hydroxyl groups is 3. The highest BCUT2D eigenvalue weighted by Crippen LogP contribution is 2.49. The molecule has 1 aliphatic carbocycles. The van der Waals surface area contributed by atoms with Crippen LogP contribution in [0.15, 0.2) is 30.3 Å². The zero-order chi connectivity index (χ0) is 15.0. The van der Waals surface area contributed by atoms with Crippen LogP contribution in [-0.2, 0) is 11.3 Å². The molecule has 2 fully saturated rings. The predicted octanol–water partition coefficient (Wildman–Crippen LogP) is -0.0325. The van der Waals surface area contributed by atoms with Gasteiger partial charge in [0.25, 0.3) is 0 Å². The summed E-state index contributed by atoms with van der Waals surface area (Å²) < 4.78 is 5.25. The van der Waals surface area contributed by atoms with Gasteiger partial charge in [0.2, 0.25) is 0 Å². The number of aliphatic hydroxyl groups excluding tert-OH is 3. The number of hydrogen-bond donors (Lipinski definition) is 3. The molecule has 0 bridgehead atoms. The second-order valence-electron chi connectivity index (χ2n) is 5.66. The zero-order valence-corrected chi connectivity index (χ0v) is 11.5. The van der Waals surface area contributed by atoms with Crippen LogP contribution in [0.4, 0.5) is 4.79 Å². The SMILES string of the molecule is O=C(OCc1ccccc1)N1C[C@H](O)[C@H](O)[C@@H]2[C@@H](CO)[C@@H]21. The van der Waals surface area contributed by atoms with Crippen LogP contribution in [0, 0.1) is 11.8 Å². The molecule has 0 unspecified atom stereocenters. The first-order valence-corrected chi connectivity index (χ1v) is 7.07. The van der Waals surface area contributed by atoms with Gasteiger partial charge in [-0.3, -0.25) is 0 Å². The van der Waals surface area contributed by atoms with Crippen LogP contribution in [0.3, 0.4) is 0 Å². The van der Waals surface area contributed by atoms with Gasteiger partial charge in [-0.05, 0) is 5.56 Å². The lowest BCUT2D eigenvalue weighted by Gasteiger charge is -2.32. The van der Waals surface area contributed by atoms with Crippen molar-refractivity contribution in [3.63, 3.8) is 0 Å². The Morgan fingerprint density at radius 1 is 1.29 bits per heavy atom. The largest absolute Gasteiger partial charge is 0.445 e. The number of piperidine rings is 1. The van der Waals surface area contributed by atoms with Crippen LogP contribution in [-0.4, -0.2) is 57.7 Å². The molecule has 6 heteroatoms. The number of rotatable bonds is 3. The van der Waals surface area contributed by atoms with Crippen LogP contribution in [0.1, 0.15) is 5.56 Å². The summed E-state index contributed by atoms with van der Waals surface area (Å²) in [5, 5.41) is 28.9. The molecule has 1 aromatic rings. The summed E-state index contributed by atoms with van der Waals surface area (Å²) in [6, 6.07) is 9.09. The van der Waals surface area contributed by atoms with Crippen molar-refractivity contribution >= 4 is 6.09 Å². The van der Waals surface area contributed by atoms with Crippen molar-refractivity contribution < 1.29 is 24.9 Å². The minimum absolute atomic E-state index is 0.0342. The van der Waals surface area contributed by atoms with E-state index >= 15 is 0 Å². The topological polar surface area (TPSA) is 90.2 Å². The monoisotopic (exact) mass is 293 g/mol. The summed E-state index contributed by atoms with van der Waals surface area (Å²) in [5.74, 6) is -0.440. The van der Waals surface area contributed by atoms with Gasteiger partial charge in [-0.2, -0.15) is 0 Å². The Morgan fingerprint density at radius 2 is 2.00 bits per heavy atom. The van der Waals surface area contributed by atoms with E-state index in [0.29, 0.717) is 0 Å². The number of amides is 1. The molecule has 5 atom stereocenters. The van der Waals surface area contributed by atoms with Crippen LogP contribution in [0.5, 0.6) is 0 Å². The first-order chi connectivity index (χ1) is 10.1. The highest BCUT2D eigenvalue weighted by molar-refractivity contribution is 5.69. The molecule has 6 nitrogen and oxygen atoms in total. The van der Waals surface area contributed by atoms with Gasteiger partial charge in [-0.15, -0.1) is 0 Å². The summed E-state index contributed by atoms with van der Waals surface area (Å²) in [6.45, 7) is 0.0873. The van der Waals surface area contributed by atoms with Gasteiger partial charge >= 0.3 is 6.09 Å². The molecule has 3 N–H and O–H groups in total. The quantitative estimate of drug-likeness (QED) is 0.728. The lowest BCUT2D eigenvalue weighted by Crippen LogP contribution is -2.50. The number of β-amino-alcohol motifs (C(OH)–C–C–N with tert-alkyl or cyclic N) is 1. The first kappa shape index (κ1) is 14.3. The Kier molecular flexibility index (Phi) is 3.84. The van der Waals surface area contributed by atoms with Gasteiger partial charge in [0.05, 0.1) is 18.8 Å². The van der Waals surface area contributed by atoms with E-state index in [0.717, 1.165) is 5.56 Å². The van der Waals surface area contributed by atoms with E-state index in [1.54, 1.807) is 0 Å². The minimum atomic E-state index is -0.993. The fourth-order valence-electron chi connectivity index (χ4n) is 3.19. The number of hydrogen-bond acceptors (Lipinski definition) is 5. The van der Waals surface area contributed by atoms with E-state index in [4.69, 9.17) is 4.74 Å². The van der Waals surface area contributed by atoms with E-state index in [2.05, 4.69) is 0 Å². The Hall–Kier alpha value is -1.63. The maximum absolute atomic E-state index is 12.2. The first-order valence-electron chi connectivity index (χ1n) is 7.07. The van der Waals surface area contributed by atoms with Gasteiger partial charge in [-0.25, -0.2) is 4.79 Å². The Labute approximate surface area is 122 Å². The molecule has 1 aliphatic heterocycles. The Bertz CT molecular complexity index is 508. The molecule has 1 heterocycles. The van der Waals surface area contributed by atoms with Crippen LogP contribution >= 0.6 is 0 Å². The van der Waals surface area contributed by atoms with Crippen LogP contribution < -0.4 is 0 Å². The second-order valence-corrected chi connectivity index (χ2v) is 5.66. The Morgan fingerprint density at radius 3 is 2.67 bits per heavy atom. The van der Waals surface area contributed by atoms with Gasteiger partial charge < -0.3 is 25.0 Å². The molecular formula is C15H19NO5. The number of nitrogens with zero attached hydrogens (tertiary/aromatic N) is 1. The number of benzene rings is 1. The summed E-state index contributed by atoms with van der Waals surface area (Å²) in [7, 11) is 0. The third kappa shape index (κ3) is 2.62. The highest BCUT2D eigenvalue weighted by atomic mass is 16.6. The molecule has 114 valence electrons. The van der Waals surface area contributed by atoms with Crippen molar-refractivity contribution in [1.82, 2.24) is 4.90 Å². The third-order valence-electron chi connectivity index (χ3n) is 4.37. The fourth-order valence-corrected chi connectivity index (χ4v) is 3.19. The molecular weight excluding hydrogens is 274 g/mol. The molecule has 21 heavy (non-hydrogen) atoms. The lowest BCUT2D eigenvalue weighted by molar-refractivity contribution is -0.0428. The van der Waals surface area contributed by atoms with E-state index in [9.17, 15) is 20.1 Å². The normalized spacial score (nSPS) is 34.2. The van der Waals surface area contributed by atoms with Gasteiger partial charge in [0.1, 0.15) is 6.61 Å². The molecule has 0 aromatic heterocycles. The molecule has 3 rings (SSSR count). The standard InChI is InChI=1S/C15H19NO5/c17-7-10-12-13(10)16(6-11(18)14(12)19)15(20)21-8-9-4-2-1-3-5-9/h1-5,10-14,17-19H,6-8H2/t10-,11+,12-,13+,14+/m1/s1. The van der Waals surface area contributed by atoms with E-state index in [1.165, 1.54) is 4.90 Å². The number of likely N-dealkylation sites (tertiary alicyclic amines) is 1. The average Bonchev–Trinajstić information content (AvgIpc) is 3.24. The third-order valence-corrected chi connectivity index (χ3v) is 4.37. The summed E-state index contributed by atoms with van der Waals surface area (Å²) in [6.07, 6.45) is -2.40. The van der Waals surface area contributed by atoms with Crippen molar-refractivity contribution in [1.29, 1.82) is 0 Å². The average molecular weight is 293 g/mol. The maximum Gasteiger partial charge on any atom is 0.410 e. The van der Waals surface area contributed by atoms with Crippen molar-refractivity contribution in [2.45, 2.75) is 24.9 Å². The predicted molar refractivity (Wildman–Crippen MR) is 73.2 cm³/mol. The van der Waals surface area contributed by atoms with E-state index in [-0.39, 0.29) is 37.6 Å². The van der Waals surface area contributed by atoms with E-state index < -0.39 is 18.3 Å². The second kappa shape index (κ2) is 5.63. The number of carbonyl (C=O) groups excluding carboxylic acids is 1. The van der Waals surface area contributed by atoms with Crippen molar-refractivity contribution in [3.8, 4) is 0 Å². The molecule has 2 aliphatic rings. The lowest BCUT2D eigenvalue weighted by atomic mass is 10.0. The summed E-state index contributed by atoms with van der Waals surface area (Å²) >= 11 is 0. The highest BCUT2D eigenvalue weighted by Gasteiger charge is 2.62. The summed E-state index contributed by atoms with van der Waals surface area (Å²) in [4.78, 5) is 13.6. The van der Waals surface area contributed by atoms with Crippen molar-refractivity contribution in [3.05, 3.63) is 35.9 Å². The molecule has 0 spiro atoms. The maximum atomic E-state index is 12.2. The van der Waals surface area contributed by atoms with Crippen molar-refractivity contribution in [2.24, 2.45) is 11.8 Å². The van der Waals surface area contributed by atoms with Gasteiger partial charge in [0, 0.05) is 24.5 Å². The number of carbonyl (C=O) groups is 1. The van der Waals surface area contributed by atoms with E-state index in [1.807, 2.05) is 30.3 Å². The van der Waals surface area contributed by atoms with Crippen molar-refractivity contribution in [2.75, 3.05) is 13.2 Å². The number of ether oxygens (including phenoxy) is 1. The molecule has 1 saturated heterocycles. The number of fused-ring (bicyclic) bond motifs is 1. The van der Waals surface area contributed by atoms with Gasteiger partial charge in [0.15, 0.2) is 0 Å². The summed E-state index contributed by atoms with van der Waals surface area (Å²) in [5.41, 5.74) is 0.884. The minimum Gasteiger partial charge on any atom is -0.445 e. The fraction of sp³-hybridized carbons (Fsp3) is 0.533. The zero-order valence-electron chi connectivity index (χ0n) is 11.5.